The highest BCUT2D eigenvalue weighted by Gasteiger charge is 2.14. The van der Waals surface area contributed by atoms with Gasteiger partial charge >= 0.3 is 0 Å². The van der Waals surface area contributed by atoms with Crippen LogP contribution in [0.5, 0.6) is 0 Å². The number of benzene rings is 2. The number of aryl methyl sites for hydroxylation is 1. The fourth-order valence-electron chi connectivity index (χ4n) is 2.67. The molecule has 0 saturated carbocycles. The molecular formula is C19H25N. The van der Waals surface area contributed by atoms with Gasteiger partial charge in [-0.1, -0.05) is 62.4 Å². The third kappa shape index (κ3) is 3.10. The van der Waals surface area contributed by atoms with E-state index in [1.165, 1.54) is 28.7 Å². The molecule has 1 heteroatoms. The predicted octanol–water partition coefficient (Wildman–Crippen LogP) is 4.82. The first-order valence-electron chi connectivity index (χ1n) is 7.50. The minimum Gasteiger partial charge on any atom is -0.309 e. The molecule has 0 bridgehead atoms. The van der Waals surface area contributed by atoms with Crippen LogP contribution in [0.2, 0.25) is 0 Å². The molecule has 2 aromatic carbocycles. The van der Waals surface area contributed by atoms with E-state index in [0.717, 1.165) is 0 Å². The van der Waals surface area contributed by atoms with Crippen LogP contribution in [-0.2, 0) is 0 Å². The molecule has 0 aliphatic carbocycles. The van der Waals surface area contributed by atoms with Gasteiger partial charge in [0, 0.05) is 0 Å². The van der Waals surface area contributed by atoms with Crippen LogP contribution < -0.4 is 5.32 Å². The van der Waals surface area contributed by atoms with Crippen LogP contribution in [0.1, 0.15) is 54.5 Å². The van der Waals surface area contributed by atoms with Gasteiger partial charge in [-0.3, -0.25) is 0 Å². The lowest BCUT2D eigenvalue weighted by molar-refractivity contribution is 0.684. The van der Waals surface area contributed by atoms with E-state index in [-0.39, 0.29) is 6.04 Å². The summed E-state index contributed by atoms with van der Waals surface area (Å²) in [4.78, 5) is 0. The van der Waals surface area contributed by atoms with Crippen LogP contribution in [0.25, 0.3) is 0 Å². The Balaban J connectivity index is 2.31. The first-order chi connectivity index (χ1) is 9.67. The van der Waals surface area contributed by atoms with Gasteiger partial charge in [-0.05, 0) is 48.6 Å². The molecule has 0 radical (unpaired) electrons. The molecular weight excluding hydrogens is 242 g/mol. The van der Waals surface area contributed by atoms with E-state index in [9.17, 15) is 0 Å². The van der Waals surface area contributed by atoms with Crippen molar-refractivity contribution in [2.75, 3.05) is 7.05 Å². The summed E-state index contributed by atoms with van der Waals surface area (Å²) >= 11 is 0. The minimum absolute atomic E-state index is 0.266. The normalized spacial score (nSPS) is 14.0. The van der Waals surface area contributed by atoms with Gasteiger partial charge in [-0.15, -0.1) is 0 Å². The lowest BCUT2D eigenvalue weighted by Crippen LogP contribution is -2.18. The molecule has 20 heavy (non-hydrogen) atoms. The number of hydrogen-bond acceptors (Lipinski definition) is 1. The molecule has 0 heterocycles. The van der Waals surface area contributed by atoms with E-state index in [4.69, 9.17) is 0 Å². The molecule has 0 fully saturated rings. The summed E-state index contributed by atoms with van der Waals surface area (Å²) in [7, 11) is 2.03. The molecule has 0 saturated heterocycles. The van der Waals surface area contributed by atoms with E-state index in [1.54, 1.807) is 0 Å². The summed E-state index contributed by atoms with van der Waals surface area (Å²) in [5, 5.41) is 3.44. The van der Waals surface area contributed by atoms with E-state index < -0.39 is 0 Å². The molecule has 1 N–H and O–H groups in total. The predicted molar refractivity (Wildman–Crippen MR) is 87.2 cm³/mol. The second-order valence-corrected chi connectivity index (χ2v) is 5.55. The van der Waals surface area contributed by atoms with Gasteiger partial charge in [0.15, 0.2) is 0 Å². The van der Waals surface area contributed by atoms with Gasteiger partial charge < -0.3 is 5.32 Å². The zero-order valence-corrected chi connectivity index (χ0v) is 13.0. The van der Waals surface area contributed by atoms with E-state index >= 15 is 0 Å². The van der Waals surface area contributed by atoms with Gasteiger partial charge in [0.2, 0.25) is 0 Å². The summed E-state index contributed by atoms with van der Waals surface area (Å²) in [6, 6.07) is 17.9. The molecule has 2 unspecified atom stereocenters. The average molecular weight is 267 g/mol. The third-order valence-electron chi connectivity index (χ3n) is 4.24. The van der Waals surface area contributed by atoms with Crippen molar-refractivity contribution in [3.05, 3.63) is 70.8 Å². The summed E-state index contributed by atoms with van der Waals surface area (Å²) in [5.74, 6) is 0.635. The van der Waals surface area contributed by atoms with Crippen LogP contribution in [0.15, 0.2) is 48.5 Å². The number of rotatable bonds is 5. The minimum atomic E-state index is 0.266. The smallest absolute Gasteiger partial charge is 0.0576 e. The summed E-state index contributed by atoms with van der Waals surface area (Å²) in [5.41, 5.74) is 5.44. The maximum atomic E-state index is 3.44. The second kappa shape index (κ2) is 6.71. The molecule has 1 nitrogen and oxygen atoms in total. The molecule has 0 aromatic heterocycles. The van der Waals surface area contributed by atoms with Crippen molar-refractivity contribution in [1.82, 2.24) is 5.32 Å². The Kier molecular flexibility index (Phi) is 4.97. The van der Waals surface area contributed by atoms with Crippen molar-refractivity contribution < 1.29 is 0 Å². The van der Waals surface area contributed by atoms with Gasteiger partial charge in [0.25, 0.3) is 0 Å². The molecule has 106 valence electrons. The summed E-state index contributed by atoms with van der Waals surface area (Å²) in [6.45, 7) is 6.70. The van der Waals surface area contributed by atoms with Gasteiger partial charge in [0.1, 0.15) is 0 Å². The van der Waals surface area contributed by atoms with Gasteiger partial charge in [0.05, 0.1) is 6.04 Å². The van der Waals surface area contributed by atoms with Crippen molar-refractivity contribution >= 4 is 0 Å². The molecule has 0 amide bonds. The Morgan fingerprint density at radius 1 is 0.950 bits per heavy atom. The van der Waals surface area contributed by atoms with Crippen molar-refractivity contribution in [3.63, 3.8) is 0 Å². The fourth-order valence-corrected chi connectivity index (χ4v) is 2.67. The van der Waals surface area contributed by atoms with Crippen LogP contribution in [0, 0.1) is 6.92 Å². The lowest BCUT2D eigenvalue weighted by Gasteiger charge is -2.20. The molecule has 2 aromatic rings. The Morgan fingerprint density at radius 3 is 2.10 bits per heavy atom. The topological polar surface area (TPSA) is 12.0 Å². The van der Waals surface area contributed by atoms with Crippen LogP contribution in [-0.4, -0.2) is 7.05 Å². The van der Waals surface area contributed by atoms with E-state index in [2.05, 4.69) is 74.6 Å². The van der Waals surface area contributed by atoms with E-state index in [1.807, 2.05) is 7.05 Å². The highest BCUT2D eigenvalue weighted by atomic mass is 14.9. The van der Waals surface area contributed by atoms with Crippen molar-refractivity contribution in [3.8, 4) is 0 Å². The maximum Gasteiger partial charge on any atom is 0.0576 e. The van der Waals surface area contributed by atoms with Gasteiger partial charge in [-0.25, -0.2) is 0 Å². The maximum absolute atomic E-state index is 3.44. The molecule has 0 aliphatic rings. The highest BCUT2D eigenvalue weighted by molar-refractivity contribution is 5.38. The van der Waals surface area contributed by atoms with Crippen LogP contribution in [0.3, 0.4) is 0 Å². The van der Waals surface area contributed by atoms with E-state index in [0.29, 0.717) is 5.92 Å². The monoisotopic (exact) mass is 267 g/mol. The Hall–Kier alpha value is -1.60. The highest BCUT2D eigenvalue weighted by Crippen LogP contribution is 2.26. The molecule has 2 rings (SSSR count). The van der Waals surface area contributed by atoms with Crippen molar-refractivity contribution in [2.24, 2.45) is 0 Å². The Labute approximate surface area is 123 Å². The van der Waals surface area contributed by atoms with Gasteiger partial charge in [-0.2, -0.15) is 0 Å². The standard InChI is InChI=1S/C19H25N/c1-5-14(2)16-10-12-17(13-11-16)19(20-4)18-9-7-6-8-15(18)3/h6-14,19-20H,5H2,1-4H3. The molecule has 0 spiro atoms. The number of hydrogen-bond donors (Lipinski definition) is 1. The van der Waals surface area contributed by atoms with Crippen LogP contribution in [0.4, 0.5) is 0 Å². The third-order valence-corrected chi connectivity index (χ3v) is 4.24. The lowest BCUT2D eigenvalue weighted by atomic mass is 9.92. The summed E-state index contributed by atoms with van der Waals surface area (Å²) in [6.07, 6.45) is 1.19. The molecule has 2 atom stereocenters. The molecule has 0 aliphatic heterocycles. The zero-order chi connectivity index (χ0) is 14.5. The first kappa shape index (κ1) is 14.8. The Morgan fingerprint density at radius 2 is 1.55 bits per heavy atom. The zero-order valence-electron chi connectivity index (χ0n) is 13.0. The second-order valence-electron chi connectivity index (χ2n) is 5.55. The van der Waals surface area contributed by atoms with Crippen molar-refractivity contribution in [2.45, 2.75) is 39.2 Å². The quantitative estimate of drug-likeness (QED) is 0.819. The SMILES string of the molecule is CCC(C)c1ccc(C(NC)c2ccccc2C)cc1. The van der Waals surface area contributed by atoms with Crippen molar-refractivity contribution in [1.29, 1.82) is 0 Å². The van der Waals surface area contributed by atoms with Crippen LogP contribution >= 0.6 is 0 Å². The fraction of sp³-hybridized carbons (Fsp3) is 0.368. The average Bonchev–Trinajstić information content (AvgIpc) is 2.50. The largest absolute Gasteiger partial charge is 0.309 e. The summed E-state index contributed by atoms with van der Waals surface area (Å²) < 4.78 is 0. The Bertz CT molecular complexity index is 542. The first-order valence-corrected chi connectivity index (χ1v) is 7.50. The number of nitrogens with one attached hydrogen (secondary N) is 1.